The molecular weight excluding hydrogens is 344 g/mol. The number of hydrogen-bond donors (Lipinski definition) is 3. The van der Waals surface area contributed by atoms with Gasteiger partial charge in [0.1, 0.15) is 0 Å². The summed E-state index contributed by atoms with van der Waals surface area (Å²) < 4.78 is 28.8. The molecule has 0 saturated heterocycles. The lowest BCUT2D eigenvalue weighted by Gasteiger charge is -2.09. The SMILES string of the molecule is CC(C)COc1cc2c([nH]c3ccc(S(N)(=O)=O)cc32)c(C(N)=O)n1. The number of carbonyl (C=O) groups is 1. The second kappa shape index (κ2) is 6.01. The highest BCUT2D eigenvalue weighted by Gasteiger charge is 2.18. The first-order valence-corrected chi connectivity index (χ1v) is 9.13. The highest BCUT2D eigenvalue weighted by molar-refractivity contribution is 7.89. The molecule has 0 aliphatic heterocycles. The van der Waals surface area contributed by atoms with Crippen molar-refractivity contribution in [2.24, 2.45) is 16.8 Å². The number of hydrogen-bond acceptors (Lipinski definition) is 5. The first kappa shape index (κ1) is 17.2. The summed E-state index contributed by atoms with van der Waals surface area (Å²) in [6.07, 6.45) is 0. The first-order valence-electron chi connectivity index (χ1n) is 7.58. The van der Waals surface area contributed by atoms with Crippen LogP contribution in [0.15, 0.2) is 29.2 Å². The van der Waals surface area contributed by atoms with Gasteiger partial charge in [-0.05, 0) is 24.1 Å². The number of nitrogens with zero attached hydrogens (tertiary/aromatic N) is 1. The Morgan fingerprint density at radius 3 is 2.60 bits per heavy atom. The molecule has 25 heavy (non-hydrogen) atoms. The van der Waals surface area contributed by atoms with E-state index in [4.69, 9.17) is 15.6 Å². The predicted molar refractivity (Wildman–Crippen MR) is 93.8 cm³/mol. The largest absolute Gasteiger partial charge is 0.477 e. The molecule has 8 nitrogen and oxygen atoms in total. The van der Waals surface area contributed by atoms with Gasteiger partial charge < -0.3 is 15.5 Å². The van der Waals surface area contributed by atoms with Crippen LogP contribution < -0.4 is 15.6 Å². The summed E-state index contributed by atoms with van der Waals surface area (Å²) in [6, 6.07) is 6.06. The second-order valence-corrected chi connectivity index (χ2v) is 7.74. The third-order valence-electron chi connectivity index (χ3n) is 3.66. The highest BCUT2D eigenvalue weighted by atomic mass is 32.2. The lowest BCUT2D eigenvalue weighted by Crippen LogP contribution is -2.15. The molecule has 2 aromatic heterocycles. The number of rotatable bonds is 5. The number of ether oxygens (including phenoxy) is 1. The van der Waals surface area contributed by atoms with Crippen LogP contribution >= 0.6 is 0 Å². The van der Waals surface area contributed by atoms with Crippen molar-refractivity contribution in [3.05, 3.63) is 30.0 Å². The van der Waals surface area contributed by atoms with Crippen molar-refractivity contribution in [2.45, 2.75) is 18.7 Å². The van der Waals surface area contributed by atoms with Crippen LogP contribution in [0.1, 0.15) is 24.3 Å². The number of aromatic nitrogens is 2. The molecule has 0 saturated carbocycles. The summed E-state index contributed by atoms with van der Waals surface area (Å²) in [5.41, 5.74) is 6.52. The van der Waals surface area contributed by atoms with E-state index in [0.29, 0.717) is 28.4 Å². The fourth-order valence-corrected chi connectivity index (χ4v) is 3.07. The number of fused-ring (bicyclic) bond motifs is 3. The van der Waals surface area contributed by atoms with E-state index in [1.807, 2.05) is 13.8 Å². The molecule has 5 N–H and O–H groups in total. The molecule has 9 heteroatoms. The van der Waals surface area contributed by atoms with E-state index < -0.39 is 15.9 Å². The van der Waals surface area contributed by atoms with Crippen LogP contribution in [0, 0.1) is 5.92 Å². The molecule has 1 amide bonds. The number of carbonyl (C=O) groups excluding carboxylic acids is 1. The third kappa shape index (κ3) is 3.28. The van der Waals surface area contributed by atoms with Crippen molar-refractivity contribution in [1.82, 2.24) is 9.97 Å². The number of H-pyrrole nitrogens is 1. The summed E-state index contributed by atoms with van der Waals surface area (Å²) in [4.78, 5) is 19.0. The first-order chi connectivity index (χ1) is 11.7. The Morgan fingerprint density at radius 1 is 1.28 bits per heavy atom. The van der Waals surface area contributed by atoms with Gasteiger partial charge in [0.25, 0.3) is 5.91 Å². The summed E-state index contributed by atoms with van der Waals surface area (Å²) in [5.74, 6) is -0.193. The third-order valence-corrected chi connectivity index (χ3v) is 4.57. The number of nitrogens with one attached hydrogen (secondary N) is 1. The molecule has 0 aliphatic carbocycles. The average molecular weight is 362 g/mol. The van der Waals surface area contributed by atoms with Gasteiger partial charge in [0, 0.05) is 22.4 Å². The van der Waals surface area contributed by atoms with E-state index in [2.05, 4.69) is 9.97 Å². The van der Waals surface area contributed by atoms with Gasteiger partial charge >= 0.3 is 0 Å². The summed E-state index contributed by atoms with van der Waals surface area (Å²) >= 11 is 0. The molecule has 3 rings (SSSR count). The monoisotopic (exact) mass is 362 g/mol. The van der Waals surface area contributed by atoms with Gasteiger partial charge in [0.15, 0.2) is 5.69 Å². The molecule has 0 unspecified atom stereocenters. The van der Waals surface area contributed by atoms with Crippen molar-refractivity contribution >= 4 is 37.7 Å². The maximum atomic E-state index is 11.8. The number of primary sulfonamides is 1. The Labute approximate surface area is 144 Å². The molecule has 0 bridgehead atoms. The minimum absolute atomic E-state index is 0.0250. The smallest absolute Gasteiger partial charge is 0.269 e. The number of nitrogens with two attached hydrogens (primary N) is 2. The Morgan fingerprint density at radius 2 is 2.00 bits per heavy atom. The lowest BCUT2D eigenvalue weighted by molar-refractivity contribution is 0.0996. The van der Waals surface area contributed by atoms with Crippen molar-refractivity contribution in [2.75, 3.05) is 6.61 Å². The Kier molecular flexibility index (Phi) is 4.13. The van der Waals surface area contributed by atoms with Crippen LogP contribution in [-0.2, 0) is 10.0 Å². The van der Waals surface area contributed by atoms with Crippen LogP contribution in [0.4, 0.5) is 0 Å². The van der Waals surface area contributed by atoms with Gasteiger partial charge in [-0.1, -0.05) is 13.8 Å². The van der Waals surface area contributed by atoms with Gasteiger partial charge in [-0.25, -0.2) is 18.5 Å². The fourth-order valence-electron chi connectivity index (χ4n) is 2.53. The van der Waals surface area contributed by atoms with Gasteiger partial charge in [-0.2, -0.15) is 0 Å². The summed E-state index contributed by atoms with van der Waals surface area (Å²) in [5, 5.41) is 6.37. The van der Waals surface area contributed by atoms with Crippen LogP contribution in [0.5, 0.6) is 5.88 Å². The molecule has 0 spiro atoms. The zero-order chi connectivity index (χ0) is 18.4. The topological polar surface area (TPSA) is 141 Å². The highest BCUT2D eigenvalue weighted by Crippen LogP contribution is 2.31. The molecule has 1 aromatic carbocycles. The maximum Gasteiger partial charge on any atom is 0.269 e. The Balaban J connectivity index is 2.29. The number of primary amides is 1. The molecule has 0 fully saturated rings. The van der Waals surface area contributed by atoms with E-state index in [0.717, 1.165) is 0 Å². The van der Waals surface area contributed by atoms with E-state index in [1.165, 1.54) is 12.1 Å². The van der Waals surface area contributed by atoms with E-state index in [9.17, 15) is 13.2 Å². The molecule has 0 radical (unpaired) electrons. The zero-order valence-corrected chi connectivity index (χ0v) is 14.6. The van der Waals surface area contributed by atoms with Crippen molar-refractivity contribution < 1.29 is 17.9 Å². The quantitative estimate of drug-likeness (QED) is 0.630. The van der Waals surface area contributed by atoms with Crippen molar-refractivity contribution in [3.8, 4) is 5.88 Å². The van der Waals surface area contributed by atoms with Crippen LogP contribution in [0.2, 0.25) is 0 Å². The van der Waals surface area contributed by atoms with Crippen LogP contribution in [-0.4, -0.2) is 30.9 Å². The van der Waals surface area contributed by atoms with Gasteiger partial charge in [-0.15, -0.1) is 0 Å². The molecule has 0 aliphatic rings. The van der Waals surface area contributed by atoms with Gasteiger partial charge in [0.05, 0.1) is 17.0 Å². The second-order valence-electron chi connectivity index (χ2n) is 6.18. The van der Waals surface area contributed by atoms with Crippen molar-refractivity contribution in [3.63, 3.8) is 0 Å². The zero-order valence-electron chi connectivity index (χ0n) is 13.7. The molecular formula is C16H18N4O4S. The minimum atomic E-state index is -3.85. The number of aromatic amines is 1. The standard InChI is InChI=1S/C16H18N4O4S/c1-8(2)7-24-13-6-11-10-5-9(25(18,22)23)3-4-12(10)19-14(11)15(20-13)16(17)21/h3-6,8,19H,7H2,1-2H3,(H2,17,21)(H2,18,22,23). The summed E-state index contributed by atoms with van der Waals surface area (Å²) in [6.45, 7) is 4.39. The maximum absolute atomic E-state index is 11.8. The molecule has 0 atom stereocenters. The van der Waals surface area contributed by atoms with Gasteiger partial charge in [0.2, 0.25) is 15.9 Å². The number of sulfonamides is 1. The lowest BCUT2D eigenvalue weighted by atomic mass is 10.1. The summed E-state index contributed by atoms with van der Waals surface area (Å²) in [7, 11) is -3.85. The molecule has 3 aromatic rings. The normalized spacial score (nSPS) is 12.2. The fraction of sp³-hybridized carbons (Fsp3) is 0.250. The predicted octanol–water partition coefficient (Wildman–Crippen LogP) is 1.50. The van der Waals surface area contributed by atoms with Crippen molar-refractivity contribution in [1.29, 1.82) is 0 Å². The molecule has 2 heterocycles. The number of pyridine rings is 1. The van der Waals surface area contributed by atoms with E-state index >= 15 is 0 Å². The van der Waals surface area contributed by atoms with Crippen LogP contribution in [0.25, 0.3) is 21.8 Å². The van der Waals surface area contributed by atoms with E-state index in [-0.39, 0.29) is 22.4 Å². The van der Waals surface area contributed by atoms with Gasteiger partial charge in [-0.3, -0.25) is 4.79 Å². The van der Waals surface area contributed by atoms with Crippen LogP contribution in [0.3, 0.4) is 0 Å². The number of benzene rings is 1. The minimum Gasteiger partial charge on any atom is -0.477 e. The Bertz CT molecular complexity index is 1090. The number of amides is 1. The molecule has 132 valence electrons. The average Bonchev–Trinajstić information content (AvgIpc) is 2.88. The Hall–Kier alpha value is -2.65. The van der Waals surface area contributed by atoms with E-state index in [1.54, 1.807) is 12.1 Å².